The van der Waals surface area contributed by atoms with Crippen LogP contribution >= 0.6 is 11.6 Å². The van der Waals surface area contributed by atoms with Crippen molar-refractivity contribution < 1.29 is 33.1 Å². The van der Waals surface area contributed by atoms with Crippen molar-refractivity contribution in [3.05, 3.63) is 22.8 Å². The number of alkyl carbamates (subject to hydrolysis) is 1. The van der Waals surface area contributed by atoms with Gasteiger partial charge in [-0.25, -0.2) is 14.3 Å². The highest BCUT2D eigenvalue weighted by Gasteiger charge is 2.54. The molecule has 5 atom stereocenters. The number of carbonyl (C=O) groups excluding carboxylic acids is 2. The molecule has 1 saturated carbocycles. The van der Waals surface area contributed by atoms with Crippen molar-refractivity contribution in [3.63, 3.8) is 0 Å². The van der Waals surface area contributed by atoms with E-state index in [2.05, 4.69) is 33.0 Å². The number of aromatic nitrogens is 2. The number of fused-ring (bicyclic) bond motifs is 1. The Bertz CT molecular complexity index is 1490. The van der Waals surface area contributed by atoms with E-state index in [9.17, 15) is 9.59 Å². The Morgan fingerprint density at radius 2 is 1.87 bits per heavy atom. The van der Waals surface area contributed by atoms with E-state index in [1.807, 2.05) is 44.6 Å². The second-order valence-electron chi connectivity index (χ2n) is 15.7. The van der Waals surface area contributed by atoms with Gasteiger partial charge < -0.3 is 33.7 Å². The van der Waals surface area contributed by atoms with Gasteiger partial charge in [0.1, 0.15) is 5.60 Å². The van der Waals surface area contributed by atoms with Gasteiger partial charge in [-0.1, -0.05) is 11.6 Å². The maximum absolute atomic E-state index is 12.7. The van der Waals surface area contributed by atoms with E-state index in [4.69, 9.17) is 40.2 Å². The van der Waals surface area contributed by atoms with E-state index < -0.39 is 30.0 Å². The molecule has 1 N–H and O–H groups in total. The molecule has 4 aliphatic rings. The highest BCUT2D eigenvalue weighted by atomic mass is 35.5. The van der Waals surface area contributed by atoms with Gasteiger partial charge in [-0.3, -0.25) is 0 Å². The van der Waals surface area contributed by atoms with Gasteiger partial charge in [0.2, 0.25) is 0 Å². The first-order valence-electron chi connectivity index (χ1n) is 17.1. The molecule has 2 amide bonds. The van der Waals surface area contributed by atoms with Crippen molar-refractivity contribution in [1.82, 2.24) is 20.0 Å². The minimum atomic E-state index is -0.599. The average molecular weight is 673 g/mol. The number of benzene rings is 1. The van der Waals surface area contributed by atoms with Crippen LogP contribution in [0.3, 0.4) is 0 Å². The van der Waals surface area contributed by atoms with Crippen molar-refractivity contribution in [1.29, 1.82) is 0 Å². The summed E-state index contributed by atoms with van der Waals surface area (Å²) in [5.74, 6) is 0.477. The lowest BCUT2D eigenvalue weighted by Gasteiger charge is -2.32. The highest BCUT2D eigenvalue weighted by molar-refractivity contribution is 6.66. The van der Waals surface area contributed by atoms with Crippen LogP contribution < -0.4 is 10.8 Å². The summed E-state index contributed by atoms with van der Waals surface area (Å²) in [6.07, 6.45) is 6.26. The summed E-state index contributed by atoms with van der Waals surface area (Å²) < 4.78 is 32.3. The highest BCUT2D eigenvalue weighted by Crippen LogP contribution is 2.52. The summed E-state index contributed by atoms with van der Waals surface area (Å²) in [6.45, 7) is 17.1. The number of hydrogen-bond acceptors (Lipinski definition) is 8. The van der Waals surface area contributed by atoms with Crippen molar-refractivity contribution >= 4 is 47.3 Å². The van der Waals surface area contributed by atoms with Crippen LogP contribution in [-0.4, -0.2) is 82.6 Å². The molecule has 1 aromatic carbocycles. The molecule has 3 saturated heterocycles. The number of halogens is 1. The zero-order valence-corrected chi connectivity index (χ0v) is 29.8. The Hall–Kier alpha value is -2.54. The van der Waals surface area contributed by atoms with Gasteiger partial charge >= 0.3 is 19.3 Å². The predicted molar refractivity (Wildman–Crippen MR) is 180 cm³/mol. The number of nitrogens with zero attached hydrogens (tertiary/aromatic N) is 3. The predicted octanol–water partition coefficient (Wildman–Crippen LogP) is 6.31. The first-order valence-corrected chi connectivity index (χ1v) is 17.5. The molecule has 3 aliphatic heterocycles. The van der Waals surface area contributed by atoms with Crippen LogP contribution in [0.2, 0.25) is 5.02 Å². The molecule has 1 aliphatic carbocycles. The summed E-state index contributed by atoms with van der Waals surface area (Å²) >= 11 is 7.13. The van der Waals surface area contributed by atoms with Gasteiger partial charge in [0.25, 0.3) is 0 Å². The van der Waals surface area contributed by atoms with Crippen molar-refractivity contribution in [2.75, 3.05) is 19.8 Å². The molecule has 1 aromatic heterocycles. The van der Waals surface area contributed by atoms with Crippen molar-refractivity contribution in [2.24, 2.45) is 5.92 Å². The first-order chi connectivity index (χ1) is 22.0. The number of nitrogens with one attached hydrogen (secondary N) is 1. The van der Waals surface area contributed by atoms with Gasteiger partial charge in [-0.15, -0.1) is 0 Å². The van der Waals surface area contributed by atoms with Crippen LogP contribution in [0.1, 0.15) is 112 Å². The molecule has 6 rings (SSSR count). The third kappa shape index (κ3) is 7.12. The molecule has 3 unspecified atom stereocenters. The molecule has 0 radical (unpaired) electrons. The molecule has 0 spiro atoms. The van der Waals surface area contributed by atoms with Crippen LogP contribution in [0.4, 0.5) is 9.59 Å². The smallest absolute Gasteiger partial charge is 0.450 e. The Morgan fingerprint density at radius 3 is 2.53 bits per heavy atom. The minimum absolute atomic E-state index is 0.0371. The van der Waals surface area contributed by atoms with Crippen molar-refractivity contribution in [2.45, 2.75) is 135 Å². The Morgan fingerprint density at radius 1 is 1.15 bits per heavy atom. The Kier molecular flexibility index (Phi) is 9.30. The third-order valence-corrected chi connectivity index (χ3v) is 10.7. The normalized spacial score (nSPS) is 28.5. The summed E-state index contributed by atoms with van der Waals surface area (Å²) in [5, 5.41) is 9.33. The number of rotatable bonds is 7. The summed E-state index contributed by atoms with van der Waals surface area (Å²) in [7, 11) is -0.599. The van der Waals surface area contributed by atoms with E-state index in [0.717, 1.165) is 54.2 Å². The molecule has 47 heavy (non-hydrogen) atoms. The van der Waals surface area contributed by atoms with E-state index >= 15 is 0 Å². The van der Waals surface area contributed by atoms with Gasteiger partial charge in [-0.2, -0.15) is 5.10 Å². The van der Waals surface area contributed by atoms with Gasteiger partial charge in [0.05, 0.1) is 35.6 Å². The number of likely N-dealkylation sites (tertiary alicyclic amines) is 1. The van der Waals surface area contributed by atoms with Crippen molar-refractivity contribution in [3.8, 4) is 0 Å². The summed E-state index contributed by atoms with van der Waals surface area (Å²) in [6, 6.07) is 1.78. The molecule has 2 aromatic rings. The third-order valence-electron chi connectivity index (χ3n) is 10.4. The largest absolute Gasteiger partial charge is 0.495 e. The standard InChI is InChI=1S/C34H50BClN4O7/c1-20-15-22(19-39(20)31(42)45-32(2,3)4)38-30(41)44-14-12-21-16-23(21)28-25(36)17-26-24(18-37-40(26)27-11-9-10-13-43-27)29(28)35-46-33(5,6)34(7,8)47-35/h17-18,20-23,27H,9-16,19H2,1-8H3,(H,38,41)/t20-,21?,22-,23?,27?/m1/s1. The number of amides is 2. The fourth-order valence-corrected chi connectivity index (χ4v) is 7.42. The zero-order valence-electron chi connectivity index (χ0n) is 29.1. The van der Waals surface area contributed by atoms with Crippen LogP contribution in [0.5, 0.6) is 0 Å². The van der Waals surface area contributed by atoms with E-state index in [1.165, 1.54) is 0 Å². The van der Waals surface area contributed by atoms with E-state index in [0.29, 0.717) is 30.3 Å². The van der Waals surface area contributed by atoms with Crippen LogP contribution in [0.15, 0.2) is 12.3 Å². The quantitative estimate of drug-likeness (QED) is 0.341. The molecule has 11 nitrogen and oxygen atoms in total. The molecular formula is C34H50BClN4O7. The zero-order chi connectivity index (χ0) is 33.9. The summed E-state index contributed by atoms with van der Waals surface area (Å²) in [4.78, 5) is 26.9. The maximum atomic E-state index is 12.7. The Labute approximate surface area is 283 Å². The number of ether oxygens (including phenoxy) is 3. The van der Waals surface area contributed by atoms with E-state index in [1.54, 1.807) is 4.90 Å². The average Bonchev–Trinajstić information content (AvgIpc) is 3.32. The lowest BCUT2D eigenvalue weighted by molar-refractivity contribution is -0.0366. The lowest BCUT2D eigenvalue weighted by atomic mass is 9.72. The SMILES string of the molecule is C[C@@H]1C[C@@H](NC(=O)OCCC2CC2c2c(Cl)cc3c(cnn3C3CCCCO3)c2B2OC(C)(C)C(C)(C)O2)CN1C(=O)OC(C)(C)C. The first kappa shape index (κ1) is 34.3. The van der Waals surface area contributed by atoms with Crippen LogP contribution in [-0.2, 0) is 23.5 Å². The molecule has 4 fully saturated rings. The second-order valence-corrected chi connectivity index (χ2v) is 16.1. The molecule has 4 heterocycles. The molecule has 13 heteroatoms. The summed E-state index contributed by atoms with van der Waals surface area (Å²) in [5.41, 5.74) is 1.27. The fraction of sp³-hybridized carbons (Fsp3) is 0.735. The van der Waals surface area contributed by atoms with Gasteiger partial charge in [0.15, 0.2) is 6.23 Å². The minimum Gasteiger partial charge on any atom is -0.450 e. The maximum Gasteiger partial charge on any atom is 0.495 e. The molecule has 0 bridgehead atoms. The van der Waals surface area contributed by atoms with Gasteiger partial charge in [0, 0.05) is 29.6 Å². The topological polar surface area (TPSA) is 113 Å². The fourth-order valence-electron chi connectivity index (χ4n) is 7.07. The lowest BCUT2D eigenvalue weighted by Crippen LogP contribution is -2.41. The van der Waals surface area contributed by atoms with E-state index in [-0.39, 0.29) is 36.9 Å². The van der Waals surface area contributed by atoms with Crippen LogP contribution in [0, 0.1) is 5.92 Å². The Balaban J connectivity index is 1.12. The molecular weight excluding hydrogens is 623 g/mol. The second kappa shape index (κ2) is 12.7. The molecule has 258 valence electrons. The van der Waals surface area contributed by atoms with Crippen LogP contribution in [0.25, 0.3) is 10.9 Å². The van der Waals surface area contributed by atoms with Gasteiger partial charge in [-0.05, 0) is 123 Å². The number of hydrogen-bond donors (Lipinski definition) is 1. The monoisotopic (exact) mass is 672 g/mol. The number of carbonyl (C=O) groups is 2.